The van der Waals surface area contributed by atoms with Gasteiger partial charge in [-0.2, -0.15) is 0 Å². The van der Waals surface area contributed by atoms with E-state index in [1.165, 1.54) is 24.9 Å². The Morgan fingerprint density at radius 1 is 0.795 bits per heavy atom. The van der Waals surface area contributed by atoms with Gasteiger partial charge in [0.2, 0.25) is 5.91 Å². The Morgan fingerprint density at radius 3 is 2.11 bits per heavy atom. The highest BCUT2D eigenvalue weighted by atomic mass is 35.5. The minimum absolute atomic E-state index is 0.00665. The number of thioether (sulfide) groups is 1. The SMILES string of the molecule is COc1ccc(/C=C(\NC(=O)c2ccccc2)C(=O)Nc2ccc(SC(C)C(=O)Nc3cc(Cl)cc(Cl)c3)cc2)c(OC)c1. The van der Waals surface area contributed by atoms with Gasteiger partial charge < -0.3 is 25.4 Å². The van der Waals surface area contributed by atoms with Gasteiger partial charge in [-0.1, -0.05) is 41.4 Å². The molecule has 4 rings (SSSR count). The molecule has 8 nitrogen and oxygen atoms in total. The molecule has 0 spiro atoms. The molecule has 3 amide bonds. The third-order valence-corrected chi connectivity index (χ3v) is 7.74. The number of nitrogens with one attached hydrogen (secondary N) is 3. The van der Waals surface area contributed by atoms with Crippen LogP contribution in [0, 0.1) is 0 Å². The molecule has 0 aliphatic heterocycles. The van der Waals surface area contributed by atoms with E-state index in [1.807, 2.05) is 0 Å². The molecule has 11 heteroatoms. The first-order chi connectivity index (χ1) is 21.1. The van der Waals surface area contributed by atoms with Crippen LogP contribution >= 0.6 is 35.0 Å². The predicted octanol–water partition coefficient (Wildman–Crippen LogP) is 7.54. The van der Waals surface area contributed by atoms with Gasteiger partial charge in [-0.3, -0.25) is 14.4 Å². The highest BCUT2D eigenvalue weighted by Gasteiger charge is 2.18. The van der Waals surface area contributed by atoms with Gasteiger partial charge in [-0.25, -0.2) is 0 Å². The third-order valence-electron chi connectivity index (χ3n) is 6.19. The lowest BCUT2D eigenvalue weighted by molar-refractivity contribution is -0.115. The van der Waals surface area contributed by atoms with Crippen LogP contribution in [-0.2, 0) is 9.59 Å². The fourth-order valence-electron chi connectivity index (χ4n) is 3.98. The molecule has 226 valence electrons. The van der Waals surface area contributed by atoms with Crippen LogP contribution in [-0.4, -0.2) is 37.2 Å². The van der Waals surface area contributed by atoms with Crippen LogP contribution < -0.4 is 25.4 Å². The van der Waals surface area contributed by atoms with Crippen LogP contribution in [0.2, 0.25) is 10.0 Å². The topological polar surface area (TPSA) is 106 Å². The van der Waals surface area contributed by atoms with E-state index in [0.717, 1.165) is 4.90 Å². The maximum Gasteiger partial charge on any atom is 0.272 e. The average molecular weight is 651 g/mol. The summed E-state index contributed by atoms with van der Waals surface area (Å²) in [5.74, 6) is -0.166. The molecule has 3 N–H and O–H groups in total. The average Bonchev–Trinajstić information content (AvgIpc) is 3.01. The van der Waals surface area contributed by atoms with Crippen molar-refractivity contribution in [3.05, 3.63) is 118 Å². The van der Waals surface area contributed by atoms with Crippen molar-refractivity contribution in [1.29, 1.82) is 0 Å². The van der Waals surface area contributed by atoms with Crippen molar-refractivity contribution in [2.24, 2.45) is 0 Å². The fraction of sp³-hybridized carbons (Fsp3) is 0.121. The van der Waals surface area contributed by atoms with Gasteiger partial charge in [-0.05, 0) is 79.7 Å². The minimum atomic E-state index is -0.541. The second-order valence-corrected chi connectivity index (χ2v) is 11.7. The van der Waals surface area contributed by atoms with Gasteiger partial charge in [0, 0.05) is 43.5 Å². The number of amides is 3. The molecule has 0 saturated carbocycles. The number of carbonyl (C=O) groups is 3. The molecule has 4 aromatic carbocycles. The molecule has 1 unspecified atom stereocenters. The summed E-state index contributed by atoms with van der Waals surface area (Å²) >= 11 is 13.4. The molecular weight excluding hydrogens is 621 g/mol. The summed E-state index contributed by atoms with van der Waals surface area (Å²) in [6.07, 6.45) is 1.53. The van der Waals surface area contributed by atoms with E-state index in [2.05, 4.69) is 16.0 Å². The van der Waals surface area contributed by atoms with Crippen LogP contribution in [0.25, 0.3) is 6.08 Å². The van der Waals surface area contributed by atoms with Crippen molar-refractivity contribution in [1.82, 2.24) is 5.32 Å². The lowest BCUT2D eigenvalue weighted by atomic mass is 10.1. The van der Waals surface area contributed by atoms with Crippen molar-refractivity contribution < 1.29 is 23.9 Å². The van der Waals surface area contributed by atoms with Crippen molar-refractivity contribution >= 4 is 70.1 Å². The highest BCUT2D eigenvalue weighted by Crippen LogP contribution is 2.29. The Balaban J connectivity index is 1.48. The lowest BCUT2D eigenvalue weighted by Crippen LogP contribution is -2.30. The van der Waals surface area contributed by atoms with Crippen LogP contribution in [0.1, 0.15) is 22.8 Å². The van der Waals surface area contributed by atoms with E-state index in [0.29, 0.717) is 44.0 Å². The number of rotatable bonds is 11. The summed E-state index contributed by atoms with van der Waals surface area (Å²) < 4.78 is 10.7. The minimum Gasteiger partial charge on any atom is -0.497 e. The van der Waals surface area contributed by atoms with Gasteiger partial charge in [0.15, 0.2) is 0 Å². The smallest absolute Gasteiger partial charge is 0.272 e. The number of hydrogen-bond acceptors (Lipinski definition) is 6. The number of methoxy groups -OCH3 is 2. The quantitative estimate of drug-likeness (QED) is 0.114. The summed E-state index contributed by atoms with van der Waals surface area (Å²) in [5.41, 5.74) is 1.96. The van der Waals surface area contributed by atoms with Gasteiger partial charge in [0.25, 0.3) is 11.8 Å². The van der Waals surface area contributed by atoms with Crippen LogP contribution in [0.4, 0.5) is 11.4 Å². The molecule has 4 aromatic rings. The van der Waals surface area contributed by atoms with Gasteiger partial charge >= 0.3 is 0 Å². The standard InChI is InChI=1S/C33H29Cl2N3O5S/c1-20(31(39)37-26-17-23(34)16-24(35)18-26)44-28-13-10-25(11-14-28)36-33(41)29(38-32(40)21-7-5-4-6-8-21)15-22-9-12-27(42-2)19-30(22)43-3/h4-20H,1-3H3,(H,36,41)(H,37,39)(H,38,40)/b29-15-. The van der Waals surface area contributed by atoms with E-state index in [1.54, 1.807) is 105 Å². The zero-order valence-electron chi connectivity index (χ0n) is 24.0. The van der Waals surface area contributed by atoms with E-state index in [4.69, 9.17) is 32.7 Å². The molecule has 0 fully saturated rings. The van der Waals surface area contributed by atoms with Crippen LogP contribution in [0.5, 0.6) is 11.5 Å². The van der Waals surface area contributed by atoms with E-state index < -0.39 is 17.1 Å². The first-order valence-corrected chi connectivity index (χ1v) is 14.9. The molecular formula is C33H29Cl2N3O5S. The van der Waals surface area contributed by atoms with Crippen molar-refractivity contribution in [3.63, 3.8) is 0 Å². The molecule has 0 aliphatic carbocycles. The Morgan fingerprint density at radius 2 is 1.48 bits per heavy atom. The number of hydrogen-bond donors (Lipinski definition) is 3. The second kappa shape index (κ2) is 15.3. The van der Waals surface area contributed by atoms with Gasteiger partial charge in [0.05, 0.1) is 19.5 Å². The molecule has 0 aliphatic rings. The fourth-order valence-corrected chi connectivity index (χ4v) is 5.37. The molecule has 0 heterocycles. The number of ether oxygens (including phenoxy) is 2. The summed E-state index contributed by atoms with van der Waals surface area (Å²) in [7, 11) is 3.05. The monoisotopic (exact) mass is 649 g/mol. The first kappa shape index (κ1) is 32.5. The predicted molar refractivity (Wildman–Crippen MR) is 177 cm³/mol. The molecule has 44 heavy (non-hydrogen) atoms. The summed E-state index contributed by atoms with van der Waals surface area (Å²) in [6.45, 7) is 1.78. The van der Waals surface area contributed by atoms with Crippen LogP contribution in [0.15, 0.2) is 102 Å². The van der Waals surface area contributed by atoms with Crippen LogP contribution in [0.3, 0.4) is 0 Å². The zero-order valence-corrected chi connectivity index (χ0v) is 26.3. The number of anilines is 2. The summed E-state index contributed by atoms with van der Waals surface area (Å²) in [6, 6.07) is 25.6. The summed E-state index contributed by atoms with van der Waals surface area (Å²) in [4.78, 5) is 39.9. The molecule has 0 saturated heterocycles. The number of carbonyl (C=O) groups excluding carboxylic acids is 3. The molecule has 0 aromatic heterocycles. The van der Waals surface area contributed by atoms with Gasteiger partial charge in [0.1, 0.15) is 17.2 Å². The largest absolute Gasteiger partial charge is 0.497 e. The van der Waals surface area contributed by atoms with Crippen molar-refractivity contribution in [2.45, 2.75) is 17.1 Å². The lowest BCUT2D eigenvalue weighted by Gasteiger charge is -2.14. The van der Waals surface area contributed by atoms with Gasteiger partial charge in [-0.15, -0.1) is 11.8 Å². The maximum atomic E-state index is 13.4. The highest BCUT2D eigenvalue weighted by molar-refractivity contribution is 8.00. The Hall–Kier alpha value is -4.44. The maximum absolute atomic E-state index is 13.4. The third kappa shape index (κ3) is 9.03. The van der Waals surface area contributed by atoms with Crippen molar-refractivity contribution in [2.75, 3.05) is 24.9 Å². The van der Waals surface area contributed by atoms with Crippen molar-refractivity contribution in [3.8, 4) is 11.5 Å². The number of benzene rings is 4. The van der Waals surface area contributed by atoms with E-state index >= 15 is 0 Å². The molecule has 0 radical (unpaired) electrons. The Kier molecular flexibility index (Phi) is 11.3. The zero-order chi connectivity index (χ0) is 31.6. The van der Waals surface area contributed by atoms with E-state index in [9.17, 15) is 14.4 Å². The molecule has 1 atom stereocenters. The molecule has 0 bridgehead atoms. The second-order valence-electron chi connectivity index (χ2n) is 9.37. The van der Waals surface area contributed by atoms with E-state index in [-0.39, 0.29) is 11.6 Å². The Bertz CT molecular complexity index is 1660. The number of halogens is 2. The summed E-state index contributed by atoms with van der Waals surface area (Å²) in [5, 5.41) is 8.76. The normalized spacial score (nSPS) is 11.7. The first-order valence-electron chi connectivity index (χ1n) is 13.3. The Labute approximate surface area is 269 Å².